The van der Waals surface area contributed by atoms with Crippen molar-refractivity contribution >= 4 is 54.2 Å². The van der Waals surface area contributed by atoms with Crippen LogP contribution in [0.5, 0.6) is 5.75 Å². The van der Waals surface area contributed by atoms with E-state index in [4.69, 9.17) is 16.3 Å². The van der Waals surface area contributed by atoms with Gasteiger partial charge in [-0.1, -0.05) is 108 Å². The largest absolute Gasteiger partial charge is 0.484 e. The lowest BCUT2D eigenvalue weighted by molar-refractivity contribution is 0.128. The predicted molar refractivity (Wildman–Crippen MR) is 208 cm³/mol. The van der Waals surface area contributed by atoms with E-state index in [-0.39, 0.29) is 11.0 Å². The number of hydrogen-bond acceptors (Lipinski definition) is 5. The van der Waals surface area contributed by atoms with Gasteiger partial charge in [0.1, 0.15) is 11.9 Å². The predicted octanol–water partition coefficient (Wildman–Crippen LogP) is 9.68. The summed E-state index contributed by atoms with van der Waals surface area (Å²) >= 11 is 10.5. The van der Waals surface area contributed by atoms with Crippen molar-refractivity contribution in [2.45, 2.75) is 43.9 Å². The topological polar surface area (TPSA) is 54.8 Å². The Morgan fingerprint density at radius 3 is 2.24 bits per heavy atom. The van der Waals surface area contributed by atoms with Crippen molar-refractivity contribution in [3.05, 3.63) is 170 Å². The van der Waals surface area contributed by atoms with Crippen molar-refractivity contribution < 1.29 is 13.2 Å². The van der Waals surface area contributed by atoms with Crippen LogP contribution in [0.3, 0.4) is 0 Å². The average molecular weight is 779 g/mol. The summed E-state index contributed by atoms with van der Waals surface area (Å²) in [4.78, 5) is 5.19. The van der Waals surface area contributed by atoms with Gasteiger partial charge in [-0.25, -0.2) is 12.4 Å². The summed E-state index contributed by atoms with van der Waals surface area (Å²) in [6, 6.07) is 39.8. The molecule has 0 radical (unpaired) electrons. The van der Waals surface area contributed by atoms with Crippen LogP contribution in [-0.2, 0) is 29.5 Å². The molecule has 6 nitrogen and oxygen atoms in total. The van der Waals surface area contributed by atoms with Gasteiger partial charge in [0.05, 0.1) is 27.3 Å². The van der Waals surface area contributed by atoms with Crippen LogP contribution in [0.4, 0.5) is 0 Å². The average Bonchev–Trinajstić information content (AvgIpc) is 3.51. The molecule has 8 rings (SSSR count). The summed E-state index contributed by atoms with van der Waals surface area (Å²) in [6.45, 7) is 4.95. The van der Waals surface area contributed by atoms with Gasteiger partial charge >= 0.3 is 0 Å². The fourth-order valence-electron chi connectivity index (χ4n) is 7.39. The molecule has 0 aliphatic carbocycles. The number of nitrogens with zero attached hydrogens (tertiary/aromatic N) is 3. The fourth-order valence-corrected chi connectivity index (χ4v) is 9.68. The third-order valence-electron chi connectivity index (χ3n) is 9.78. The molecule has 0 saturated heterocycles. The Balaban J connectivity index is 1.19. The first-order valence-electron chi connectivity index (χ1n) is 17.1. The Morgan fingerprint density at radius 1 is 0.843 bits per heavy atom. The van der Waals surface area contributed by atoms with Crippen molar-refractivity contribution in [2.75, 3.05) is 13.2 Å². The number of aryl methyl sites for hydroxylation is 2. The first kappa shape index (κ1) is 33.8. The molecular formula is C42H37BrClN3O3S. The molecule has 1 atom stereocenters. The van der Waals surface area contributed by atoms with Gasteiger partial charge in [0.15, 0.2) is 0 Å². The molecular weight excluding hydrogens is 742 g/mol. The summed E-state index contributed by atoms with van der Waals surface area (Å²) in [5.41, 5.74) is 8.45. The van der Waals surface area contributed by atoms with Crippen molar-refractivity contribution in [1.29, 1.82) is 0 Å². The summed E-state index contributed by atoms with van der Waals surface area (Å²) < 4.78 is 37.1. The van der Waals surface area contributed by atoms with E-state index >= 15 is 0 Å². The number of para-hydroxylation sites is 1. The number of rotatable bonds is 9. The highest BCUT2D eigenvalue weighted by Gasteiger charge is 2.37. The molecule has 1 unspecified atom stereocenters. The van der Waals surface area contributed by atoms with Gasteiger partial charge in [0, 0.05) is 47.4 Å². The molecule has 0 bridgehead atoms. The minimum atomic E-state index is -3.80. The van der Waals surface area contributed by atoms with Gasteiger partial charge in [-0.2, -0.15) is 0 Å². The second-order valence-corrected chi connectivity index (χ2v) is 16.5. The quantitative estimate of drug-likeness (QED) is 0.146. The first-order chi connectivity index (χ1) is 24.7. The molecule has 0 amide bonds. The summed E-state index contributed by atoms with van der Waals surface area (Å²) in [7, 11) is -3.80. The van der Waals surface area contributed by atoms with Gasteiger partial charge in [0.25, 0.3) is 10.0 Å². The molecule has 9 heteroatoms. The lowest BCUT2D eigenvalue weighted by atomic mass is 9.91. The molecule has 0 saturated carbocycles. The van der Waals surface area contributed by atoms with Crippen LogP contribution in [0.15, 0.2) is 142 Å². The van der Waals surface area contributed by atoms with E-state index in [1.165, 1.54) is 20.7 Å². The molecule has 0 fully saturated rings. The van der Waals surface area contributed by atoms with E-state index in [0.717, 1.165) is 64.3 Å². The normalized spacial score (nSPS) is 16.2. The third kappa shape index (κ3) is 6.74. The van der Waals surface area contributed by atoms with E-state index in [1.54, 1.807) is 18.3 Å². The molecule has 5 aromatic carbocycles. The zero-order valence-electron chi connectivity index (χ0n) is 28.2. The molecule has 6 aromatic rings. The highest BCUT2D eigenvalue weighted by molar-refractivity contribution is 9.10. The van der Waals surface area contributed by atoms with Crippen LogP contribution >= 0.6 is 27.5 Å². The number of benzene rings is 5. The third-order valence-corrected chi connectivity index (χ3v) is 12.3. The summed E-state index contributed by atoms with van der Waals surface area (Å²) in [6.07, 6.45) is 2.82. The van der Waals surface area contributed by atoms with Crippen molar-refractivity contribution in [1.82, 2.24) is 13.8 Å². The maximum atomic E-state index is 13.9. The number of aromatic nitrogens is 1. The zero-order chi connectivity index (χ0) is 35.1. The molecule has 2 aliphatic rings. The molecule has 3 heterocycles. The SMILES string of the molecule is Cc1ccc(S(=O)(=O)n2cc(CCC3Oc4c(Br)cc(Cl)cc4C4=C3CN(Cc3ccccc3)CN4Cc3ccccc3)c3ccccc32)cc1. The molecule has 0 N–H and O–H groups in total. The Hall–Kier alpha value is -4.34. The minimum absolute atomic E-state index is 0.252. The molecule has 0 spiro atoms. The van der Waals surface area contributed by atoms with Crippen LogP contribution in [0, 0.1) is 6.92 Å². The summed E-state index contributed by atoms with van der Waals surface area (Å²) in [5.74, 6) is 0.780. The number of hydrogen-bond donors (Lipinski definition) is 0. The number of ether oxygens (including phenoxy) is 1. The van der Waals surface area contributed by atoms with Gasteiger partial charge in [-0.15, -0.1) is 0 Å². The van der Waals surface area contributed by atoms with Crippen molar-refractivity contribution in [2.24, 2.45) is 0 Å². The van der Waals surface area contributed by atoms with E-state index in [9.17, 15) is 8.42 Å². The first-order valence-corrected chi connectivity index (χ1v) is 19.7. The van der Waals surface area contributed by atoms with E-state index < -0.39 is 10.0 Å². The standard InChI is InChI=1S/C42H37BrClN3O3S/c1-29-16-19-34(20-17-29)51(48,49)47-26-32(35-14-8-9-15-39(35)47)18-21-40-37-27-45(24-30-10-4-2-5-11-30)28-46(25-31-12-6-3-7-13-31)41(37)36-22-33(44)23-38(43)42(36)50-40/h2-17,19-20,22-23,26,40H,18,21,24-25,27-28H2,1H3. The zero-order valence-corrected chi connectivity index (χ0v) is 31.3. The fraction of sp³-hybridized carbons (Fsp3) is 0.190. The van der Waals surface area contributed by atoms with Crippen LogP contribution < -0.4 is 4.74 Å². The molecule has 1 aromatic heterocycles. The maximum Gasteiger partial charge on any atom is 0.268 e. The van der Waals surface area contributed by atoms with Gasteiger partial charge in [-0.05, 0) is 82.7 Å². The second kappa shape index (κ2) is 14.0. The highest BCUT2D eigenvalue weighted by Crippen LogP contribution is 2.47. The maximum absolute atomic E-state index is 13.9. The van der Waals surface area contributed by atoms with Gasteiger partial charge in [-0.3, -0.25) is 4.90 Å². The van der Waals surface area contributed by atoms with Crippen LogP contribution in [-0.4, -0.2) is 41.5 Å². The van der Waals surface area contributed by atoms with Crippen LogP contribution in [0.2, 0.25) is 5.02 Å². The highest BCUT2D eigenvalue weighted by atomic mass is 79.9. The second-order valence-electron chi connectivity index (χ2n) is 13.4. The molecule has 258 valence electrons. The lowest BCUT2D eigenvalue weighted by Crippen LogP contribution is -2.47. The van der Waals surface area contributed by atoms with Crippen molar-refractivity contribution in [3.8, 4) is 5.75 Å². The molecule has 2 aliphatic heterocycles. The smallest absolute Gasteiger partial charge is 0.268 e. The Bertz CT molecular complexity index is 2360. The van der Waals surface area contributed by atoms with E-state index in [1.807, 2.05) is 61.5 Å². The van der Waals surface area contributed by atoms with Gasteiger partial charge < -0.3 is 9.64 Å². The Morgan fingerprint density at radius 2 is 1.51 bits per heavy atom. The van der Waals surface area contributed by atoms with E-state index in [0.29, 0.717) is 23.4 Å². The van der Waals surface area contributed by atoms with Crippen molar-refractivity contribution in [3.63, 3.8) is 0 Å². The van der Waals surface area contributed by atoms with Crippen LogP contribution in [0.25, 0.3) is 16.6 Å². The minimum Gasteiger partial charge on any atom is -0.484 e. The lowest BCUT2D eigenvalue weighted by Gasteiger charge is -2.45. The van der Waals surface area contributed by atoms with E-state index in [2.05, 4.69) is 80.3 Å². The van der Waals surface area contributed by atoms with Crippen LogP contribution in [0.1, 0.15) is 34.2 Å². The summed E-state index contributed by atoms with van der Waals surface area (Å²) in [5, 5.41) is 1.56. The molecule has 51 heavy (non-hydrogen) atoms. The Labute approximate surface area is 312 Å². The van der Waals surface area contributed by atoms with Gasteiger partial charge in [0.2, 0.25) is 0 Å². The number of fused-ring (bicyclic) bond motifs is 3. The monoisotopic (exact) mass is 777 g/mol. The number of halogens is 2. The Kier molecular flexibility index (Phi) is 9.27.